The van der Waals surface area contributed by atoms with Gasteiger partial charge in [0.1, 0.15) is 11.4 Å². The molecule has 2 amide bonds. The van der Waals surface area contributed by atoms with E-state index in [1.54, 1.807) is 30.7 Å². The lowest BCUT2D eigenvalue weighted by molar-refractivity contribution is -0.386. The van der Waals surface area contributed by atoms with Crippen LogP contribution in [0.15, 0.2) is 24.3 Å². The van der Waals surface area contributed by atoms with Crippen molar-refractivity contribution in [3.63, 3.8) is 0 Å². The van der Waals surface area contributed by atoms with E-state index < -0.39 is 10.8 Å². The van der Waals surface area contributed by atoms with Crippen LogP contribution in [0.4, 0.5) is 11.4 Å². The van der Waals surface area contributed by atoms with Gasteiger partial charge in [-0.3, -0.25) is 24.4 Å². The molecule has 9 nitrogen and oxygen atoms in total. The summed E-state index contributed by atoms with van der Waals surface area (Å²) in [5, 5.41) is 17.8. The van der Waals surface area contributed by atoms with E-state index in [0.717, 1.165) is 0 Å². The van der Waals surface area contributed by atoms with Crippen molar-refractivity contribution in [1.82, 2.24) is 9.78 Å². The SMILES string of the molecule is Cc1nn(CCCC(=O)Nc2ccc(C(N)=O)cc2)c(C)c1[N+](=O)[O-]. The molecule has 0 spiro atoms. The first kappa shape index (κ1) is 18.1. The number of carbonyl (C=O) groups excluding carboxylic acids is 2. The highest BCUT2D eigenvalue weighted by molar-refractivity contribution is 5.94. The second kappa shape index (κ2) is 7.56. The maximum absolute atomic E-state index is 11.9. The van der Waals surface area contributed by atoms with Crippen molar-refractivity contribution in [1.29, 1.82) is 0 Å². The summed E-state index contributed by atoms with van der Waals surface area (Å²) in [5.74, 6) is -0.722. The topological polar surface area (TPSA) is 133 Å². The molecule has 25 heavy (non-hydrogen) atoms. The molecule has 0 unspecified atom stereocenters. The molecule has 0 saturated carbocycles. The highest BCUT2D eigenvalue weighted by Crippen LogP contribution is 2.22. The Labute approximate surface area is 144 Å². The minimum atomic E-state index is -0.531. The van der Waals surface area contributed by atoms with Crippen LogP contribution in [-0.4, -0.2) is 26.5 Å². The second-order valence-corrected chi connectivity index (χ2v) is 5.59. The average Bonchev–Trinajstić information content (AvgIpc) is 2.82. The number of aryl methyl sites for hydroxylation is 2. The second-order valence-electron chi connectivity index (χ2n) is 5.59. The Kier molecular flexibility index (Phi) is 5.48. The van der Waals surface area contributed by atoms with Gasteiger partial charge in [0.15, 0.2) is 0 Å². The standard InChI is InChI=1S/C16H19N5O4/c1-10-15(21(24)25)11(2)20(19-10)9-3-4-14(22)18-13-7-5-12(6-8-13)16(17)23/h5-8H,3-4,9H2,1-2H3,(H2,17,23)(H,18,22). The fraction of sp³-hybridized carbons (Fsp3) is 0.312. The largest absolute Gasteiger partial charge is 0.366 e. The molecule has 1 aromatic carbocycles. The van der Waals surface area contributed by atoms with Crippen molar-refractivity contribution >= 4 is 23.2 Å². The number of carbonyl (C=O) groups is 2. The summed E-state index contributed by atoms with van der Waals surface area (Å²) in [4.78, 5) is 33.5. The average molecular weight is 345 g/mol. The van der Waals surface area contributed by atoms with Gasteiger partial charge >= 0.3 is 5.69 Å². The number of anilines is 1. The number of aromatic nitrogens is 2. The predicted molar refractivity (Wildman–Crippen MR) is 91.2 cm³/mol. The van der Waals surface area contributed by atoms with Crippen LogP contribution < -0.4 is 11.1 Å². The number of nitrogens with one attached hydrogen (secondary N) is 1. The maximum Gasteiger partial charge on any atom is 0.312 e. The number of nitrogens with zero attached hydrogens (tertiary/aromatic N) is 3. The van der Waals surface area contributed by atoms with Gasteiger partial charge in [0.25, 0.3) is 0 Å². The van der Waals surface area contributed by atoms with Crippen molar-refractivity contribution in [2.45, 2.75) is 33.2 Å². The van der Waals surface area contributed by atoms with E-state index in [0.29, 0.717) is 35.6 Å². The quantitative estimate of drug-likeness (QED) is 0.584. The summed E-state index contributed by atoms with van der Waals surface area (Å²) < 4.78 is 1.54. The zero-order chi connectivity index (χ0) is 18.6. The summed E-state index contributed by atoms with van der Waals surface area (Å²) in [7, 11) is 0. The molecule has 1 aromatic heterocycles. The Bertz CT molecular complexity index is 811. The van der Waals surface area contributed by atoms with Gasteiger partial charge in [-0.1, -0.05) is 0 Å². The molecule has 0 aliphatic heterocycles. The fourth-order valence-electron chi connectivity index (χ4n) is 2.50. The van der Waals surface area contributed by atoms with Gasteiger partial charge in [0, 0.05) is 24.2 Å². The molecule has 2 aromatic rings. The Balaban J connectivity index is 1.87. The molecule has 0 bridgehead atoms. The number of benzene rings is 1. The third-order valence-electron chi connectivity index (χ3n) is 3.75. The van der Waals surface area contributed by atoms with Crippen molar-refractivity contribution in [2.75, 3.05) is 5.32 Å². The molecule has 0 radical (unpaired) electrons. The maximum atomic E-state index is 11.9. The van der Waals surface area contributed by atoms with E-state index in [-0.39, 0.29) is 18.0 Å². The van der Waals surface area contributed by atoms with Gasteiger partial charge < -0.3 is 11.1 Å². The number of nitro groups is 1. The van der Waals surface area contributed by atoms with Gasteiger partial charge in [0.2, 0.25) is 11.8 Å². The molecule has 0 aliphatic rings. The monoisotopic (exact) mass is 345 g/mol. The Morgan fingerprint density at radius 3 is 2.44 bits per heavy atom. The first-order valence-electron chi connectivity index (χ1n) is 7.67. The normalized spacial score (nSPS) is 10.5. The van der Waals surface area contributed by atoms with E-state index in [1.807, 2.05) is 0 Å². The number of amides is 2. The van der Waals surface area contributed by atoms with E-state index in [1.165, 1.54) is 12.1 Å². The molecule has 9 heteroatoms. The zero-order valence-electron chi connectivity index (χ0n) is 14.0. The van der Waals surface area contributed by atoms with Crippen LogP contribution in [0.2, 0.25) is 0 Å². The lowest BCUT2D eigenvalue weighted by Gasteiger charge is -2.06. The molecular formula is C16H19N5O4. The Morgan fingerprint density at radius 2 is 1.92 bits per heavy atom. The summed E-state index contributed by atoms with van der Waals surface area (Å²) in [6.45, 7) is 3.64. The van der Waals surface area contributed by atoms with Gasteiger partial charge in [-0.05, 0) is 44.5 Å². The van der Waals surface area contributed by atoms with Crippen LogP contribution >= 0.6 is 0 Å². The summed E-state index contributed by atoms with van der Waals surface area (Å²) in [5.41, 5.74) is 6.94. The minimum absolute atomic E-state index is 0.0130. The van der Waals surface area contributed by atoms with Crippen LogP contribution in [-0.2, 0) is 11.3 Å². The third kappa shape index (κ3) is 4.40. The molecular weight excluding hydrogens is 326 g/mol. The number of hydrogen-bond acceptors (Lipinski definition) is 5. The van der Waals surface area contributed by atoms with E-state index in [9.17, 15) is 19.7 Å². The van der Waals surface area contributed by atoms with Crippen molar-refractivity contribution in [2.24, 2.45) is 5.73 Å². The number of primary amides is 1. The molecule has 0 aliphatic carbocycles. The molecule has 0 fully saturated rings. The van der Waals surface area contributed by atoms with Crippen LogP contribution in [0.25, 0.3) is 0 Å². The van der Waals surface area contributed by atoms with Crippen LogP contribution in [0.5, 0.6) is 0 Å². The van der Waals surface area contributed by atoms with Gasteiger partial charge in [0.05, 0.1) is 4.92 Å². The highest BCUT2D eigenvalue weighted by atomic mass is 16.6. The highest BCUT2D eigenvalue weighted by Gasteiger charge is 2.21. The molecule has 0 atom stereocenters. The lowest BCUT2D eigenvalue weighted by Crippen LogP contribution is -2.14. The smallest absolute Gasteiger partial charge is 0.312 e. The first-order valence-corrected chi connectivity index (χ1v) is 7.67. The number of nitrogens with two attached hydrogens (primary N) is 1. The van der Waals surface area contributed by atoms with E-state index >= 15 is 0 Å². The zero-order valence-corrected chi connectivity index (χ0v) is 14.0. The molecule has 1 heterocycles. The molecule has 132 valence electrons. The minimum Gasteiger partial charge on any atom is -0.366 e. The summed E-state index contributed by atoms with van der Waals surface area (Å²) in [6.07, 6.45) is 0.730. The van der Waals surface area contributed by atoms with Crippen molar-refractivity contribution in [3.8, 4) is 0 Å². The van der Waals surface area contributed by atoms with Gasteiger partial charge in [-0.25, -0.2) is 0 Å². The summed E-state index contributed by atoms with van der Waals surface area (Å²) >= 11 is 0. The Morgan fingerprint density at radius 1 is 1.28 bits per heavy atom. The number of rotatable bonds is 7. The summed E-state index contributed by atoms with van der Waals surface area (Å²) in [6, 6.07) is 6.27. The Hall–Kier alpha value is -3.23. The predicted octanol–water partition coefficient (Wildman–Crippen LogP) is 1.93. The van der Waals surface area contributed by atoms with Crippen LogP contribution in [0.3, 0.4) is 0 Å². The fourth-order valence-corrected chi connectivity index (χ4v) is 2.50. The first-order chi connectivity index (χ1) is 11.8. The van der Waals surface area contributed by atoms with E-state index in [2.05, 4.69) is 10.4 Å². The number of hydrogen-bond donors (Lipinski definition) is 2. The van der Waals surface area contributed by atoms with Crippen molar-refractivity contribution in [3.05, 3.63) is 51.3 Å². The molecule has 3 N–H and O–H groups in total. The van der Waals surface area contributed by atoms with Gasteiger partial charge in [-0.15, -0.1) is 0 Å². The van der Waals surface area contributed by atoms with Crippen LogP contribution in [0.1, 0.15) is 34.6 Å². The molecule has 0 saturated heterocycles. The third-order valence-corrected chi connectivity index (χ3v) is 3.75. The van der Waals surface area contributed by atoms with Crippen molar-refractivity contribution < 1.29 is 14.5 Å². The van der Waals surface area contributed by atoms with Crippen LogP contribution in [0, 0.1) is 24.0 Å². The lowest BCUT2D eigenvalue weighted by atomic mass is 10.2. The van der Waals surface area contributed by atoms with E-state index in [4.69, 9.17) is 5.73 Å². The van der Waals surface area contributed by atoms with Gasteiger partial charge in [-0.2, -0.15) is 5.10 Å². The molecule has 2 rings (SSSR count).